The van der Waals surface area contributed by atoms with Crippen molar-refractivity contribution in [3.8, 4) is 0 Å². The van der Waals surface area contributed by atoms with Crippen molar-refractivity contribution in [2.24, 2.45) is 7.05 Å². The molecule has 0 fully saturated rings. The molecule has 0 saturated heterocycles. The third-order valence-corrected chi connectivity index (χ3v) is 3.09. The Bertz CT molecular complexity index is 304. The van der Waals surface area contributed by atoms with E-state index in [-0.39, 0.29) is 0 Å². The molecule has 0 aliphatic carbocycles. The maximum absolute atomic E-state index is 4.17. The van der Waals surface area contributed by atoms with Gasteiger partial charge in [-0.25, -0.2) is 0 Å². The molecule has 1 atom stereocenters. The summed E-state index contributed by atoms with van der Waals surface area (Å²) in [7, 11) is 1.96. The van der Waals surface area contributed by atoms with Crippen LogP contribution in [-0.2, 0) is 13.5 Å². The van der Waals surface area contributed by atoms with Crippen LogP contribution in [0, 0.1) is 0 Å². The first-order valence-corrected chi connectivity index (χ1v) is 6.59. The summed E-state index contributed by atoms with van der Waals surface area (Å²) in [5.41, 5.74) is 1.30. The smallest absolute Gasteiger partial charge is 0.0522 e. The van der Waals surface area contributed by atoms with Crippen molar-refractivity contribution >= 4 is 0 Å². The first-order chi connectivity index (χ1) is 8.15. The van der Waals surface area contributed by atoms with Gasteiger partial charge in [0.15, 0.2) is 0 Å². The van der Waals surface area contributed by atoms with Gasteiger partial charge < -0.3 is 10.2 Å². The van der Waals surface area contributed by atoms with Crippen molar-refractivity contribution < 1.29 is 0 Å². The topological polar surface area (TPSA) is 33.1 Å². The molecule has 1 heterocycles. The van der Waals surface area contributed by atoms with Gasteiger partial charge in [-0.15, -0.1) is 0 Å². The molecule has 1 N–H and O–H groups in total. The standard InChI is InChI=1S/C13H26N4/c1-5-17(6-2)10-12(3)14-8-7-13-9-15-16(4)11-13/h9,11-12,14H,5-8,10H2,1-4H3. The molecule has 0 saturated carbocycles. The fourth-order valence-corrected chi connectivity index (χ4v) is 2.00. The summed E-state index contributed by atoms with van der Waals surface area (Å²) in [5, 5.41) is 7.73. The molecule has 4 nitrogen and oxygen atoms in total. The summed E-state index contributed by atoms with van der Waals surface area (Å²) >= 11 is 0. The van der Waals surface area contributed by atoms with Crippen LogP contribution in [0.5, 0.6) is 0 Å². The van der Waals surface area contributed by atoms with E-state index in [2.05, 4.69) is 42.3 Å². The van der Waals surface area contributed by atoms with E-state index in [9.17, 15) is 0 Å². The number of aryl methyl sites for hydroxylation is 1. The second-order valence-electron chi connectivity index (χ2n) is 4.61. The molecular weight excluding hydrogens is 212 g/mol. The van der Waals surface area contributed by atoms with Gasteiger partial charge in [0.05, 0.1) is 6.20 Å². The summed E-state index contributed by atoms with van der Waals surface area (Å²) in [6.45, 7) is 11.1. The van der Waals surface area contributed by atoms with E-state index in [0.29, 0.717) is 6.04 Å². The number of rotatable bonds is 8. The number of hydrogen-bond donors (Lipinski definition) is 1. The van der Waals surface area contributed by atoms with Crippen LogP contribution in [0.25, 0.3) is 0 Å². The SMILES string of the molecule is CCN(CC)CC(C)NCCc1cnn(C)c1. The predicted molar refractivity (Wildman–Crippen MR) is 72.2 cm³/mol. The monoisotopic (exact) mass is 238 g/mol. The van der Waals surface area contributed by atoms with Crippen molar-refractivity contribution in [3.63, 3.8) is 0 Å². The predicted octanol–water partition coefficient (Wildman–Crippen LogP) is 1.28. The van der Waals surface area contributed by atoms with Crippen molar-refractivity contribution in [1.29, 1.82) is 0 Å². The Kier molecular flexibility index (Phi) is 6.22. The van der Waals surface area contributed by atoms with Crippen LogP contribution in [-0.4, -0.2) is 46.9 Å². The summed E-state index contributed by atoms with van der Waals surface area (Å²) < 4.78 is 1.86. The first-order valence-electron chi connectivity index (χ1n) is 6.59. The van der Waals surface area contributed by atoms with Crippen LogP contribution in [0.4, 0.5) is 0 Å². The van der Waals surface area contributed by atoms with Gasteiger partial charge in [0.1, 0.15) is 0 Å². The molecular formula is C13H26N4. The molecule has 1 rings (SSSR count). The van der Waals surface area contributed by atoms with Gasteiger partial charge in [0.25, 0.3) is 0 Å². The zero-order valence-corrected chi connectivity index (χ0v) is 11.6. The number of nitrogens with one attached hydrogen (secondary N) is 1. The van der Waals surface area contributed by atoms with Crippen molar-refractivity contribution in [3.05, 3.63) is 18.0 Å². The van der Waals surface area contributed by atoms with E-state index in [0.717, 1.165) is 32.6 Å². The van der Waals surface area contributed by atoms with E-state index in [1.807, 2.05) is 17.9 Å². The third kappa shape index (κ3) is 5.33. The molecule has 1 aromatic heterocycles. The van der Waals surface area contributed by atoms with Crippen LogP contribution < -0.4 is 5.32 Å². The zero-order valence-electron chi connectivity index (χ0n) is 11.6. The maximum atomic E-state index is 4.17. The highest BCUT2D eigenvalue weighted by atomic mass is 15.2. The Hall–Kier alpha value is -0.870. The van der Waals surface area contributed by atoms with Gasteiger partial charge in [-0.05, 0) is 38.5 Å². The average molecular weight is 238 g/mol. The Morgan fingerprint density at radius 2 is 2.12 bits per heavy atom. The summed E-state index contributed by atoms with van der Waals surface area (Å²) in [5.74, 6) is 0. The van der Waals surface area contributed by atoms with Crippen LogP contribution in [0.2, 0.25) is 0 Å². The maximum Gasteiger partial charge on any atom is 0.0522 e. The molecule has 0 aliphatic rings. The first kappa shape index (κ1) is 14.2. The number of aromatic nitrogens is 2. The van der Waals surface area contributed by atoms with Gasteiger partial charge >= 0.3 is 0 Å². The quantitative estimate of drug-likeness (QED) is 0.741. The highest BCUT2D eigenvalue weighted by molar-refractivity contribution is 5.03. The lowest BCUT2D eigenvalue weighted by molar-refractivity contribution is 0.272. The molecule has 0 amide bonds. The minimum Gasteiger partial charge on any atom is -0.313 e. The molecule has 0 aliphatic heterocycles. The van der Waals surface area contributed by atoms with Crippen LogP contribution in [0.15, 0.2) is 12.4 Å². The van der Waals surface area contributed by atoms with Gasteiger partial charge in [-0.2, -0.15) is 5.10 Å². The largest absolute Gasteiger partial charge is 0.313 e. The van der Waals surface area contributed by atoms with E-state index in [1.165, 1.54) is 5.56 Å². The van der Waals surface area contributed by atoms with Crippen molar-refractivity contribution in [1.82, 2.24) is 20.0 Å². The molecule has 17 heavy (non-hydrogen) atoms. The van der Waals surface area contributed by atoms with E-state index >= 15 is 0 Å². The van der Waals surface area contributed by atoms with Gasteiger partial charge in [-0.3, -0.25) is 4.68 Å². The second-order valence-corrected chi connectivity index (χ2v) is 4.61. The number of hydrogen-bond acceptors (Lipinski definition) is 3. The highest BCUT2D eigenvalue weighted by Gasteiger charge is 2.06. The Morgan fingerprint density at radius 3 is 2.65 bits per heavy atom. The van der Waals surface area contributed by atoms with Gasteiger partial charge in [-0.1, -0.05) is 13.8 Å². The lowest BCUT2D eigenvalue weighted by Gasteiger charge is -2.23. The lowest BCUT2D eigenvalue weighted by atomic mass is 10.2. The summed E-state index contributed by atoms with van der Waals surface area (Å²) in [4.78, 5) is 2.45. The molecule has 1 unspecified atom stereocenters. The highest BCUT2D eigenvalue weighted by Crippen LogP contribution is 1.97. The number of nitrogens with zero attached hydrogens (tertiary/aromatic N) is 3. The molecule has 0 bridgehead atoms. The van der Waals surface area contributed by atoms with Crippen LogP contribution in [0.3, 0.4) is 0 Å². The molecule has 1 aromatic rings. The minimum absolute atomic E-state index is 0.548. The van der Waals surface area contributed by atoms with Crippen molar-refractivity contribution in [2.75, 3.05) is 26.2 Å². The van der Waals surface area contributed by atoms with E-state index < -0.39 is 0 Å². The molecule has 0 spiro atoms. The van der Waals surface area contributed by atoms with E-state index in [4.69, 9.17) is 0 Å². The Balaban J connectivity index is 2.17. The minimum atomic E-state index is 0.548. The van der Waals surface area contributed by atoms with Gasteiger partial charge in [0, 0.05) is 25.8 Å². The normalized spacial score (nSPS) is 13.2. The lowest BCUT2D eigenvalue weighted by Crippen LogP contribution is -2.39. The molecule has 0 radical (unpaired) electrons. The third-order valence-electron chi connectivity index (χ3n) is 3.09. The van der Waals surface area contributed by atoms with Gasteiger partial charge in [0.2, 0.25) is 0 Å². The molecule has 98 valence electrons. The molecule has 4 heteroatoms. The van der Waals surface area contributed by atoms with Crippen molar-refractivity contribution in [2.45, 2.75) is 33.2 Å². The fourth-order valence-electron chi connectivity index (χ4n) is 2.00. The van der Waals surface area contributed by atoms with E-state index in [1.54, 1.807) is 0 Å². The summed E-state index contributed by atoms with van der Waals surface area (Å²) in [6.07, 6.45) is 5.07. The fraction of sp³-hybridized carbons (Fsp3) is 0.769. The van der Waals surface area contributed by atoms with Crippen LogP contribution >= 0.6 is 0 Å². The molecule has 0 aromatic carbocycles. The Morgan fingerprint density at radius 1 is 1.41 bits per heavy atom. The second kappa shape index (κ2) is 7.45. The average Bonchev–Trinajstić information content (AvgIpc) is 2.72. The Labute approximate surface area is 105 Å². The van der Waals surface area contributed by atoms with Crippen LogP contribution in [0.1, 0.15) is 26.3 Å². The summed E-state index contributed by atoms with van der Waals surface area (Å²) in [6, 6.07) is 0.548. The zero-order chi connectivity index (χ0) is 12.7. The number of likely N-dealkylation sites (N-methyl/N-ethyl adjacent to an activating group) is 1.